The fourth-order valence-electron chi connectivity index (χ4n) is 0.292. The zero-order chi connectivity index (χ0) is 7.28. The molecule has 0 saturated carbocycles. The quantitative estimate of drug-likeness (QED) is 0.575. The molecule has 0 atom stereocenters. The first kappa shape index (κ1) is 8.49. The van der Waals surface area contributed by atoms with Crippen LogP contribution in [-0.2, 0) is 9.53 Å². The van der Waals surface area contributed by atoms with Crippen molar-refractivity contribution in [2.24, 2.45) is 0 Å². The van der Waals surface area contributed by atoms with Crippen molar-refractivity contribution in [1.82, 2.24) is 0 Å². The maximum Gasteiger partial charge on any atom is 0.261 e. The Morgan fingerprint density at radius 1 is 1.67 bits per heavy atom. The van der Waals surface area contributed by atoms with E-state index in [9.17, 15) is 13.6 Å². The number of Topliss-reactive ketones (excluding diaryl/α,β-unsaturated/α-hetero) is 1. The number of ketones is 1. The first-order valence-corrected chi connectivity index (χ1v) is 2.48. The van der Waals surface area contributed by atoms with Crippen molar-refractivity contribution in [3.8, 4) is 0 Å². The summed E-state index contributed by atoms with van der Waals surface area (Å²) in [6.07, 6.45) is -2.48. The van der Waals surface area contributed by atoms with E-state index in [2.05, 4.69) is 4.74 Å². The van der Waals surface area contributed by atoms with E-state index in [-0.39, 0.29) is 12.4 Å². The zero-order valence-corrected chi connectivity index (χ0v) is 5.06. The van der Waals surface area contributed by atoms with Gasteiger partial charge in [0.15, 0.2) is 5.78 Å². The molecule has 4 heteroatoms. The molecule has 0 bridgehead atoms. The molecule has 0 spiro atoms. The van der Waals surface area contributed by atoms with Crippen LogP contribution in [0.4, 0.5) is 8.78 Å². The monoisotopic (exact) mass is 138 g/mol. The number of ether oxygens (including phenoxy) is 1. The maximum atomic E-state index is 11.2. The molecule has 0 aliphatic heterocycles. The molecule has 0 N–H and O–H groups in total. The normalized spacial score (nSPS) is 10.2. The molecule has 2 nitrogen and oxygen atoms in total. The lowest BCUT2D eigenvalue weighted by atomic mass is 10.5. The lowest BCUT2D eigenvalue weighted by Crippen LogP contribution is -2.09. The molecule has 0 aromatic carbocycles. The first-order valence-electron chi connectivity index (χ1n) is 2.48. The minimum Gasteiger partial charge on any atom is -0.368 e. The van der Waals surface area contributed by atoms with Crippen LogP contribution >= 0.6 is 0 Å². The Morgan fingerprint density at radius 2 is 2.22 bits per heavy atom. The fraction of sp³-hybridized carbons (Fsp3) is 0.800. The van der Waals surface area contributed by atoms with E-state index in [1.54, 1.807) is 0 Å². The van der Waals surface area contributed by atoms with E-state index in [1.807, 2.05) is 0 Å². The summed E-state index contributed by atoms with van der Waals surface area (Å²) >= 11 is 0. The summed E-state index contributed by atoms with van der Waals surface area (Å²) in [6.45, 7) is 0.412. The molecule has 0 aliphatic rings. The summed E-state index contributed by atoms with van der Waals surface area (Å²) in [5, 5.41) is 0. The summed E-state index contributed by atoms with van der Waals surface area (Å²) in [6, 6.07) is 0. The van der Waals surface area contributed by atoms with Crippen molar-refractivity contribution in [2.45, 2.75) is 13.3 Å². The van der Waals surface area contributed by atoms with Gasteiger partial charge in [-0.15, -0.1) is 0 Å². The van der Waals surface area contributed by atoms with Crippen molar-refractivity contribution < 1.29 is 18.3 Å². The molecule has 0 unspecified atom stereocenters. The molecule has 0 aromatic rings. The summed E-state index contributed by atoms with van der Waals surface area (Å²) in [5.41, 5.74) is 0. The predicted octanol–water partition coefficient (Wildman–Crippen LogP) is 0.857. The highest BCUT2D eigenvalue weighted by molar-refractivity contribution is 5.76. The maximum absolute atomic E-state index is 11.2. The van der Waals surface area contributed by atoms with Gasteiger partial charge in [0.2, 0.25) is 0 Å². The van der Waals surface area contributed by atoms with Crippen molar-refractivity contribution in [1.29, 1.82) is 0 Å². The van der Waals surface area contributed by atoms with E-state index in [1.165, 1.54) is 6.92 Å². The van der Waals surface area contributed by atoms with Gasteiger partial charge in [0.1, 0.15) is 13.2 Å². The van der Waals surface area contributed by atoms with Crippen molar-refractivity contribution in [3.63, 3.8) is 0 Å². The second kappa shape index (κ2) is 4.38. The third-order valence-electron chi connectivity index (χ3n) is 0.549. The van der Waals surface area contributed by atoms with Crippen molar-refractivity contribution in [3.05, 3.63) is 0 Å². The van der Waals surface area contributed by atoms with Crippen LogP contribution in [-0.4, -0.2) is 25.4 Å². The van der Waals surface area contributed by atoms with Gasteiger partial charge in [0, 0.05) is 0 Å². The van der Waals surface area contributed by atoms with Gasteiger partial charge in [0.05, 0.1) is 0 Å². The van der Waals surface area contributed by atoms with Crippen molar-refractivity contribution in [2.75, 3.05) is 13.2 Å². The molecular weight excluding hydrogens is 130 g/mol. The van der Waals surface area contributed by atoms with E-state index in [0.29, 0.717) is 0 Å². The number of hydrogen-bond acceptors (Lipinski definition) is 2. The third-order valence-corrected chi connectivity index (χ3v) is 0.549. The Hall–Kier alpha value is -0.510. The van der Waals surface area contributed by atoms with Gasteiger partial charge in [-0.2, -0.15) is 0 Å². The lowest BCUT2D eigenvalue weighted by molar-refractivity contribution is -0.122. The Morgan fingerprint density at radius 3 is 2.56 bits per heavy atom. The number of hydrogen-bond donors (Lipinski definition) is 0. The van der Waals surface area contributed by atoms with Gasteiger partial charge in [-0.25, -0.2) is 8.78 Å². The van der Waals surface area contributed by atoms with E-state index >= 15 is 0 Å². The van der Waals surface area contributed by atoms with Gasteiger partial charge < -0.3 is 4.74 Å². The second-order valence-electron chi connectivity index (χ2n) is 1.61. The minimum absolute atomic E-state index is 0.218. The molecule has 0 radical (unpaired) electrons. The van der Waals surface area contributed by atoms with Crippen molar-refractivity contribution >= 4 is 5.78 Å². The van der Waals surface area contributed by atoms with Gasteiger partial charge in [0.25, 0.3) is 6.43 Å². The molecule has 0 rings (SSSR count). The lowest BCUT2D eigenvalue weighted by Gasteiger charge is -1.97. The molecule has 0 aliphatic carbocycles. The van der Waals surface area contributed by atoms with Crippen LogP contribution in [0.1, 0.15) is 6.92 Å². The SMILES string of the molecule is CC(=O)COCC(F)F. The minimum atomic E-state index is -2.48. The zero-order valence-electron chi connectivity index (χ0n) is 5.06. The highest BCUT2D eigenvalue weighted by Gasteiger charge is 2.01. The molecule has 0 saturated heterocycles. The van der Waals surface area contributed by atoms with Crippen LogP contribution < -0.4 is 0 Å². The van der Waals surface area contributed by atoms with E-state index in [4.69, 9.17) is 0 Å². The van der Waals surface area contributed by atoms with E-state index < -0.39 is 13.0 Å². The van der Waals surface area contributed by atoms with Crippen LogP contribution in [0.3, 0.4) is 0 Å². The molecule has 0 amide bonds. The summed E-state index contributed by atoms with van der Waals surface area (Å²) in [5.74, 6) is -0.240. The Balaban J connectivity index is 3.01. The van der Waals surface area contributed by atoms with Crippen LogP contribution in [0.2, 0.25) is 0 Å². The molecule has 0 aromatic heterocycles. The summed E-state index contributed by atoms with van der Waals surface area (Å²) < 4.78 is 26.8. The summed E-state index contributed by atoms with van der Waals surface area (Å²) in [4.78, 5) is 10.1. The molecular formula is C5H8F2O2. The fourth-order valence-corrected chi connectivity index (χ4v) is 0.292. The highest BCUT2D eigenvalue weighted by Crippen LogP contribution is 1.91. The topological polar surface area (TPSA) is 26.3 Å². The smallest absolute Gasteiger partial charge is 0.261 e. The number of rotatable bonds is 4. The molecule has 0 fully saturated rings. The average molecular weight is 138 g/mol. The largest absolute Gasteiger partial charge is 0.368 e. The van der Waals surface area contributed by atoms with Gasteiger partial charge in [-0.1, -0.05) is 0 Å². The molecule has 0 heterocycles. The Labute approximate surface area is 51.8 Å². The molecule has 9 heavy (non-hydrogen) atoms. The Kier molecular flexibility index (Phi) is 4.13. The van der Waals surface area contributed by atoms with Crippen LogP contribution in [0.15, 0.2) is 0 Å². The average Bonchev–Trinajstić information content (AvgIpc) is 1.63. The standard InChI is InChI=1S/C5H8F2O2/c1-4(8)2-9-3-5(6)7/h5H,2-3H2,1H3. The van der Waals surface area contributed by atoms with Gasteiger partial charge in [-0.05, 0) is 6.92 Å². The first-order chi connectivity index (χ1) is 4.13. The number of carbonyl (C=O) groups excluding carboxylic acids is 1. The van der Waals surface area contributed by atoms with Gasteiger partial charge in [-0.3, -0.25) is 4.79 Å². The Bertz CT molecular complexity index is 93.0. The predicted molar refractivity (Wildman–Crippen MR) is 27.5 cm³/mol. The number of carbonyl (C=O) groups is 1. The number of halogens is 2. The van der Waals surface area contributed by atoms with E-state index in [0.717, 1.165) is 0 Å². The molecule has 54 valence electrons. The highest BCUT2D eigenvalue weighted by atomic mass is 19.3. The number of alkyl halides is 2. The second-order valence-corrected chi connectivity index (χ2v) is 1.61. The van der Waals surface area contributed by atoms with Crippen LogP contribution in [0.25, 0.3) is 0 Å². The summed E-state index contributed by atoms with van der Waals surface area (Å²) in [7, 11) is 0. The van der Waals surface area contributed by atoms with Crippen LogP contribution in [0, 0.1) is 0 Å². The third kappa shape index (κ3) is 7.49. The van der Waals surface area contributed by atoms with Gasteiger partial charge >= 0.3 is 0 Å². The van der Waals surface area contributed by atoms with Crippen LogP contribution in [0.5, 0.6) is 0 Å².